The predicted molar refractivity (Wildman–Crippen MR) is 87.7 cm³/mol. The number of sulfone groups is 1. The quantitative estimate of drug-likeness (QED) is 0.723. The Hall–Kier alpha value is -1.46. The maximum atomic E-state index is 12.6. The number of amides is 1. The van der Waals surface area contributed by atoms with Gasteiger partial charge in [0.1, 0.15) is 4.90 Å². The minimum atomic E-state index is -3.86. The van der Waals surface area contributed by atoms with Crippen LogP contribution in [0, 0.1) is 13.8 Å². The molecule has 0 saturated carbocycles. The van der Waals surface area contributed by atoms with Gasteiger partial charge in [-0.2, -0.15) is 9.40 Å². The lowest BCUT2D eigenvalue weighted by molar-refractivity contribution is -0.131. The number of aryl methyl sites for hydroxylation is 2. The van der Waals surface area contributed by atoms with E-state index in [0.717, 1.165) is 4.31 Å². The molecular formula is C13H22N4O5S2. The molecule has 1 N–H and O–H groups in total. The van der Waals surface area contributed by atoms with Crippen molar-refractivity contribution < 1.29 is 21.6 Å². The molecule has 1 fully saturated rings. The average molecular weight is 378 g/mol. The van der Waals surface area contributed by atoms with Gasteiger partial charge in [0.2, 0.25) is 15.9 Å². The zero-order valence-corrected chi connectivity index (χ0v) is 15.7. The summed E-state index contributed by atoms with van der Waals surface area (Å²) in [6, 6.07) is -0.406. The first-order valence-electron chi connectivity index (χ1n) is 7.39. The highest BCUT2D eigenvalue weighted by Crippen LogP contribution is 2.21. The molecule has 1 aliphatic heterocycles. The highest BCUT2D eigenvalue weighted by atomic mass is 32.2. The van der Waals surface area contributed by atoms with Gasteiger partial charge in [0.05, 0.1) is 29.4 Å². The fraction of sp³-hybridized carbons (Fsp3) is 0.692. The van der Waals surface area contributed by atoms with Crippen LogP contribution in [0.3, 0.4) is 0 Å². The number of hydrogen-bond acceptors (Lipinski definition) is 6. The lowest BCUT2D eigenvalue weighted by atomic mass is 10.2. The molecule has 0 aromatic carbocycles. The Morgan fingerprint density at radius 3 is 2.42 bits per heavy atom. The number of likely N-dealkylation sites (N-methyl/N-ethyl adjacent to an activating group) is 2. The van der Waals surface area contributed by atoms with E-state index in [1.54, 1.807) is 13.8 Å². The first kappa shape index (κ1) is 18.9. The second-order valence-corrected chi connectivity index (χ2v) is 10.3. The van der Waals surface area contributed by atoms with Crippen LogP contribution in [0.15, 0.2) is 4.90 Å². The third-order valence-corrected chi connectivity index (χ3v) is 8.05. The standard InChI is InChI=1S/C13H22N4O5S2/c1-9-13(10(2)15-14-9)24(21,22)16(3)7-12(18)17(4)11-5-6-23(19,20)8-11/h11H,5-8H2,1-4H3,(H,14,15). The summed E-state index contributed by atoms with van der Waals surface area (Å²) in [5.41, 5.74) is 0.740. The topological polar surface area (TPSA) is 121 Å². The van der Waals surface area contributed by atoms with Crippen LogP contribution in [0.4, 0.5) is 0 Å². The van der Waals surface area contributed by atoms with E-state index in [1.807, 2.05) is 0 Å². The van der Waals surface area contributed by atoms with E-state index >= 15 is 0 Å². The smallest absolute Gasteiger partial charge is 0.246 e. The summed E-state index contributed by atoms with van der Waals surface area (Å²) >= 11 is 0. The fourth-order valence-corrected chi connectivity index (χ4v) is 5.97. The zero-order chi connectivity index (χ0) is 18.3. The van der Waals surface area contributed by atoms with Crippen LogP contribution in [0.25, 0.3) is 0 Å². The van der Waals surface area contributed by atoms with E-state index < -0.39 is 31.8 Å². The molecule has 1 aliphatic rings. The molecule has 1 saturated heterocycles. The second-order valence-electron chi connectivity index (χ2n) is 6.09. The van der Waals surface area contributed by atoms with Gasteiger partial charge in [-0.25, -0.2) is 16.8 Å². The van der Waals surface area contributed by atoms with Gasteiger partial charge in [0.15, 0.2) is 9.84 Å². The molecule has 0 aliphatic carbocycles. The number of hydrogen-bond donors (Lipinski definition) is 1. The number of aromatic nitrogens is 2. The predicted octanol–water partition coefficient (Wildman–Crippen LogP) is -0.707. The van der Waals surface area contributed by atoms with Crippen molar-refractivity contribution in [2.24, 2.45) is 0 Å². The molecule has 1 atom stereocenters. The molecule has 24 heavy (non-hydrogen) atoms. The molecule has 2 rings (SSSR count). The summed E-state index contributed by atoms with van der Waals surface area (Å²) in [5, 5.41) is 6.48. The lowest BCUT2D eigenvalue weighted by Crippen LogP contribution is -2.44. The summed E-state index contributed by atoms with van der Waals surface area (Å²) in [7, 11) is -4.15. The van der Waals surface area contributed by atoms with Gasteiger partial charge in [-0.05, 0) is 20.3 Å². The minimum Gasteiger partial charge on any atom is -0.341 e. The Morgan fingerprint density at radius 1 is 1.33 bits per heavy atom. The van der Waals surface area contributed by atoms with Crippen molar-refractivity contribution in [3.05, 3.63) is 11.4 Å². The van der Waals surface area contributed by atoms with Crippen LogP contribution in [0.5, 0.6) is 0 Å². The first-order chi connectivity index (χ1) is 11.0. The van der Waals surface area contributed by atoms with Gasteiger partial charge in [-0.15, -0.1) is 0 Å². The summed E-state index contributed by atoms with van der Waals surface area (Å²) in [6.07, 6.45) is 0.376. The monoisotopic (exact) mass is 378 g/mol. The Labute approximate surface area is 142 Å². The van der Waals surface area contributed by atoms with Crippen LogP contribution in [0.1, 0.15) is 17.8 Å². The van der Waals surface area contributed by atoms with Gasteiger partial charge in [-0.3, -0.25) is 9.89 Å². The van der Waals surface area contributed by atoms with Crippen molar-refractivity contribution >= 4 is 25.8 Å². The van der Waals surface area contributed by atoms with Gasteiger partial charge < -0.3 is 4.90 Å². The summed E-state index contributed by atoms with van der Waals surface area (Å²) in [4.78, 5) is 13.7. The third kappa shape index (κ3) is 3.62. The van der Waals surface area contributed by atoms with Gasteiger partial charge in [-0.1, -0.05) is 0 Å². The number of sulfonamides is 1. The molecule has 11 heteroatoms. The van der Waals surface area contributed by atoms with Crippen LogP contribution < -0.4 is 0 Å². The fourth-order valence-electron chi connectivity index (χ4n) is 2.75. The normalized spacial score (nSPS) is 20.5. The molecule has 136 valence electrons. The van der Waals surface area contributed by atoms with Crippen molar-refractivity contribution in [1.82, 2.24) is 19.4 Å². The minimum absolute atomic E-state index is 0.0524. The van der Waals surface area contributed by atoms with E-state index in [9.17, 15) is 21.6 Å². The highest BCUT2D eigenvalue weighted by molar-refractivity contribution is 7.91. The van der Waals surface area contributed by atoms with Gasteiger partial charge >= 0.3 is 0 Å². The van der Waals surface area contributed by atoms with Crippen LogP contribution >= 0.6 is 0 Å². The Balaban J connectivity index is 2.11. The maximum Gasteiger partial charge on any atom is 0.246 e. The van der Waals surface area contributed by atoms with E-state index in [2.05, 4.69) is 10.2 Å². The molecule has 1 unspecified atom stereocenters. The van der Waals surface area contributed by atoms with Gasteiger partial charge in [0, 0.05) is 20.1 Å². The van der Waals surface area contributed by atoms with Crippen molar-refractivity contribution in [2.75, 3.05) is 32.1 Å². The van der Waals surface area contributed by atoms with Crippen LogP contribution in [-0.2, 0) is 24.7 Å². The first-order valence-corrected chi connectivity index (χ1v) is 10.7. The largest absolute Gasteiger partial charge is 0.341 e. The molecular weight excluding hydrogens is 356 g/mol. The van der Waals surface area contributed by atoms with Crippen LogP contribution in [0.2, 0.25) is 0 Å². The molecule has 1 aromatic heterocycles. The maximum absolute atomic E-state index is 12.6. The Morgan fingerprint density at radius 2 is 1.96 bits per heavy atom. The van der Waals surface area contributed by atoms with Crippen molar-refractivity contribution in [2.45, 2.75) is 31.2 Å². The van der Waals surface area contributed by atoms with Crippen molar-refractivity contribution in [3.8, 4) is 0 Å². The van der Waals surface area contributed by atoms with Crippen molar-refractivity contribution in [1.29, 1.82) is 0 Å². The number of carbonyl (C=O) groups is 1. The third-order valence-electron chi connectivity index (χ3n) is 4.24. The molecule has 1 aromatic rings. The van der Waals surface area contributed by atoms with E-state index in [0.29, 0.717) is 17.8 Å². The van der Waals surface area contributed by atoms with Crippen LogP contribution in [-0.4, -0.2) is 80.3 Å². The highest BCUT2D eigenvalue weighted by Gasteiger charge is 2.34. The Kier molecular flexibility index (Phi) is 5.07. The van der Waals surface area contributed by atoms with E-state index in [4.69, 9.17) is 0 Å². The number of H-pyrrole nitrogens is 1. The molecule has 1 amide bonds. The summed E-state index contributed by atoms with van der Waals surface area (Å²) in [5.74, 6) is -0.468. The SMILES string of the molecule is Cc1n[nH]c(C)c1S(=O)(=O)N(C)CC(=O)N(C)C1CCS(=O)(=O)C1. The molecule has 0 spiro atoms. The Bertz CT molecular complexity index is 824. The van der Waals surface area contributed by atoms with E-state index in [-0.39, 0.29) is 22.9 Å². The average Bonchev–Trinajstić information content (AvgIpc) is 3.00. The second kappa shape index (κ2) is 6.45. The number of carbonyl (C=O) groups excluding carboxylic acids is 1. The number of rotatable bonds is 5. The molecule has 0 bridgehead atoms. The van der Waals surface area contributed by atoms with Gasteiger partial charge in [0.25, 0.3) is 0 Å². The molecule has 0 radical (unpaired) electrons. The molecule has 2 heterocycles. The van der Waals surface area contributed by atoms with Crippen molar-refractivity contribution in [3.63, 3.8) is 0 Å². The number of nitrogens with zero attached hydrogens (tertiary/aromatic N) is 3. The lowest BCUT2D eigenvalue weighted by Gasteiger charge is -2.26. The van der Waals surface area contributed by atoms with E-state index in [1.165, 1.54) is 19.0 Å². The zero-order valence-electron chi connectivity index (χ0n) is 14.1. The molecule has 9 nitrogen and oxygen atoms in total. The number of nitrogens with one attached hydrogen (secondary N) is 1. The summed E-state index contributed by atoms with van der Waals surface area (Å²) in [6.45, 7) is 2.80. The summed E-state index contributed by atoms with van der Waals surface area (Å²) < 4.78 is 49.2. The number of aromatic amines is 1.